The largest absolute Gasteiger partial charge is 2.00 e. The molecule has 0 aliphatic carbocycles. The summed E-state index contributed by atoms with van der Waals surface area (Å²) in [4.78, 5) is 0. The maximum absolute atomic E-state index is 3.96. The van der Waals surface area contributed by atoms with Gasteiger partial charge in [-0.05, 0) is 12.7 Å². The Kier molecular flexibility index (Phi) is 19.4. The average Bonchev–Trinajstić information content (AvgIpc) is 2.63. The first-order chi connectivity index (χ1) is 7.70. The minimum absolute atomic E-state index is 0. The maximum atomic E-state index is 3.96. The molecule has 1 radical (unpaired) electrons. The Bertz CT molecular complexity index is 452. The summed E-state index contributed by atoms with van der Waals surface area (Å²) in [7, 11) is 0. The fourth-order valence-corrected chi connectivity index (χ4v) is 1.45. The summed E-state index contributed by atoms with van der Waals surface area (Å²) < 4.78 is 1.89. The normalized spacial score (nSPS) is 7.55. The zero-order chi connectivity index (χ0) is 12.1. The standard InChI is InChI=1S/C11H11N3.C2H6.CH3.H3N.W.Y/c1-8-6-4-5-7-11(8)14-9(2)12-13-10(14)3;1-2;;;;/h4-7H,1-2H2,3H3;1-2H3;2*1H3;;/q-2;;-1;;+2;. The first-order valence-corrected chi connectivity index (χ1v) is 5.35. The van der Waals surface area contributed by atoms with E-state index in [9.17, 15) is 0 Å². The number of hydrogen-bond acceptors (Lipinski definition) is 3. The van der Waals surface area contributed by atoms with Crippen LogP contribution in [0.1, 0.15) is 31.1 Å². The van der Waals surface area contributed by atoms with Crippen LogP contribution in [0, 0.1) is 28.2 Å². The van der Waals surface area contributed by atoms with E-state index < -0.39 is 0 Å². The van der Waals surface area contributed by atoms with Crippen molar-refractivity contribution in [2.45, 2.75) is 20.8 Å². The van der Waals surface area contributed by atoms with Gasteiger partial charge < -0.3 is 25.1 Å². The van der Waals surface area contributed by atoms with E-state index in [2.05, 4.69) is 24.0 Å². The van der Waals surface area contributed by atoms with Crippen molar-refractivity contribution in [3.63, 3.8) is 0 Å². The Morgan fingerprint density at radius 2 is 1.55 bits per heavy atom. The van der Waals surface area contributed by atoms with Crippen LogP contribution < -0.4 is 6.15 Å². The van der Waals surface area contributed by atoms with Crippen molar-refractivity contribution in [3.05, 3.63) is 62.8 Å². The van der Waals surface area contributed by atoms with E-state index in [-0.39, 0.29) is 67.4 Å². The van der Waals surface area contributed by atoms with E-state index in [4.69, 9.17) is 0 Å². The Morgan fingerprint density at radius 1 is 1.05 bits per heavy atom. The van der Waals surface area contributed by atoms with Crippen molar-refractivity contribution in [1.29, 1.82) is 0 Å². The van der Waals surface area contributed by atoms with Crippen LogP contribution >= 0.6 is 0 Å². The summed E-state index contributed by atoms with van der Waals surface area (Å²) in [6.07, 6.45) is 0. The van der Waals surface area contributed by atoms with Crippen LogP contribution in [0.4, 0.5) is 0 Å². The smallest absolute Gasteiger partial charge is 0.364 e. The molecule has 0 atom stereocenters. The van der Waals surface area contributed by atoms with Crippen molar-refractivity contribution in [2.75, 3.05) is 0 Å². The number of aromatic nitrogens is 3. The Labute approximate surface area is 162 Å². The van der Waals surface area contributed by atoms with Gasteiger partial charge in [0.1, 0.15) is 5.82 Å². The fraction of sp³-hybridized carbons (Fsp3) is 0.214. The molecule has 1 aromatic carbocycles. The third-order valence-corrected chi connectivity index (χ3v) is 2.12. The molecule has 0 fully saturated rings. The van der Waals surface area contributed by atoms with Crippen LogP contribution in [-0.4, -0.2) is 14.8 Å². The van der Waals surface area contributed by atoms with Crippen molar-refractivity contribution >= 4 is 0 Å². The summed E-state index contributed by atoms with van der Waals surface area (Å²) in [6.45, 7) is 13.7. The molecular formula is C14H23N4WY-. The summed E-state index contributed by atoms with van der Waals surface area (Å²) in [6, 6.07) is 7.85. The molecule has 3 N–H and O–H groups in total. The van der Waals surface area contributed by atoms with E-state index in [1.54, 1.807) is 0 Å². The number of rotatable bonds is 1. The second kappa shape index (κ2) is 13.8. The SMILES string of the molecule is CC.N.[CH2-]c1ccccc1-n1c([CH2-])nnc1C.[CH3-].[W+2].[Y]. The molecule has 1 aromatic heterocycles. The van der Waals surface area contributed by atoms with Crippen LogP contribution in [0.2, 0.25) is 0 Å². The van der Waals surface area contributed by atoms with E-state index in [0.717, 1.165) is 17.1 Å². The molecule has 1 heterocycles. The molecule has 0 saturated carbocycles. The number of aryl methyl sites for hydroxylation is 1. The predicted octanol–water partition coefficient (Wildman–Crippen LogP) is 3.57. The summed E-state index contributed by atoms with van der Waals surface area (Å²) in [5.41, 5.74) is 1.93. The van der Waals surface area contributed by atoms with E-state index in [1.807, 2.05) is 49.6 Å². The Balaban J connectivity index is -0.000000204. The zero-order valence-electron chi connectivity index (χ0n) is 12.8. The van der Waals surface area contributed by atoms with Crippen molar-refractivity contribution in [2.24, 2.45) is 0 Å². The van der Waals surface area contributed by atoms with Crippen LogP contribution in [0.3, 0.4) is 0 Å². The molecule has 0 bridgehead atoms. The zero-order valence-corrected chi connectivity index (χ0v) is 18.5. The number of para-hydroxylation sites is 1. The van der Waals surface area contributed by atoms with E-state index in [1.165, 1.54) is 0 Å². The van der Waals surface area contributed by atoms with Crippen LogP contribution in [0.25, 0.3) is 5.69 Å². The first kappa shape index (κ1) is 28.1. The van der Waals surface area contributed by atoms with Crippen molar-refractivity contribution < 1.29 is 53.8 Å². The van der Waals surface area contributed by atoms with Gasteiger partial charge in [-0.1, -0.05) is 31.7 Å². The molecule has 109 valence electrons. The molecule has 20 heavy (non-hydrogen) atoms. The van der Waals surface area contributed by atoms with Crippen molar-refractivity contribution in [1.82, 2.24) is 20.9 Å². The van der Waals surface area contributed by atoms with Gasteiger partial charge in [-0.3, -0.25) is 0 Å². The van der Waals surface area contributed by atoms with Gasteiger partial charge in [-0.2, -0.15) is 23.7 Å². The average molecular weight is 520 g/mol. The second-order valence-corrected chi connectivity index (χ2v) is 3.13. The van der Waals surface area contributed by atoms with Crippen molar-refractivity contribution in [3.8, 4) is 5.69 Å². The number of hydrogen-bond donors (Lipinski definition) is 1. The van der Waals surface area contributed by atoms with Gasteiger partial charge in [-0.25, -0.2) is 0 Å². The Morgan fingerprint density at radius 3 is 1.95 bits per heavy atom. The summed E-state index contributed by atoms with van der Waals surface area (Å²) in [5, 5.41) is 7.86. The van der Waals surface area contributed by atoms with E-state index in [0.29, 0.717) is 5.82 Å². The molecule has 2 aromatic rings. The molecule has 0 aliphatic heterocycles. The quantitative estimate of drug-likeness (QED) is 0.586. The predicted molar refractivity (Wildman–Crippen MR) is 77.8 cm³/mol. The third-order valence-electron chi connectivity index (χ3n) is 2.12. The third kappa shape index (κ3) is 6.54. The first-order valence-electron chi connectivity index (χ1n) is 5.35. The maximum Gasteiger partial charge on any atom is 2.00 e. The molecule has 0 unspecified atom stereocenters. The van der Waals surface area contributed by atoms with E-state index >= 15 is 0 Å². The van der Waals surface area contributed by atoms with Gasteiger partial charge in [0, 0.05) is 32.7 Å². The topological polar surface area (TPSA) is 65.7 Å². The Hall–Kier alpha value is -0.148. The number of benzene rings is 1. The van der Waals surface area contributed by atoms with Gasteiger partial charge >= 0.3 is 21.1 Å². The fourth-order valence-electron chi connectivity index (χ4n) is 1.45. The summed E-state index contributed by atoms with van der Waals surface area (Å²) in [5.74, 6) is 1.46. The van der Waals surface area contributed by atoms with Crippen LogP contribution in [-0.2, 0) is 53.8 Å². The minimum atomic E-state index is 0. The second-order valence-electron chi connectivity index (χ2n) is 3.13. The molecule has 0 aliphatic rings. The molecule has 2 rings (SSSR count). The summed E-state index contributed by atoms with van der Waals surface area (Å²) >= 11 is 0. The molecule has 6 heteroatoms. The molecular weight excluding hydrogens is 497 g/mol. The molecule has 0 saturated heterocycles. The molecule has 0 spiro atoms. The number of nitrogens with zero attached hydrogens (tertiary/aromatic N) is 3. The molecule has 0 amide bonds. The van der Waals surface area contributed by atoms with Gasteiger partial charge in [0.25, 0.3) is 0 Å². The van der Waals surface area contributed by atoms with Gasteiger partial charge in [-0.15, -0.1) is 11.2 Å². The minimum Gasteiger partial charge on any atom is -0.364 e. The van der Waals surface area contributed by atoms with Crippen LogP contribution in [0.15, 0.2) is 24.3 Å². The van der Waals surface area contributed by atoms with Gasteiger partial charge in [0.2, 0.25) is 0 Å². The molecule has 4 nitrogen and oxygen atoms in total. The monoisotopic (exact) mass is 520 g/mol. The van der Waals surface area contributed by atoms with Gasteiger partial charge in [0.05, 0.1) is 0 Å². The van der Waals surface area contributed by atoms with Crippen LogP contribution in [0.5, 0.6) is 0 Å². The van der Waals surface area contributed by atoms with Gasteiger partial charge in [0.15, 0.2) is 0 Å².